The zero-order valence-electron chi connectivity index (χ0n) is 12.6. The molecule has 0 aromatic rings. The Labute approximate surface area is 122 Å². The first-order valence-electron chi connectivity index (χ1n) is 8.31. The molecule has 0 radical (unpaired) electrons. The van der Waals surface area contributed by atoms with E-state index in [4.69, 9.17) is 5.73 Å². The minimum Gasteiger partial charge on any atom is -0.388 e. The molecule has 0 spiro atoms. The Kier molecular flexibility index (Phi) is 5.44. The van der Waals surface area contributed by atoms with Crippen molar-refractivity contribution < 1.29 is 9.90 Å². The second-order valence-electron chi connectivity index (χ2n) is 6.87. The van der Waals surface area contributed by atoms with E-state index >= 15 is 0 Å². The summed E-state index contributed by atoms with van der Waals surface area (Å²) in [5.74, 6) is 0.0670. The summed E-state index contributed by atoms with van der Waals surface area (Å²) < 4.78 is 0. The van der Waals surface area contributed by atoms with Gasteiger partial charge < -0.3 is 16.2 Å². The minimum absolute atomic E-state index is 0.0670. The van der Waals surface area contributed by atoms with E-state index < -0.39 is 5.60 Å². The predicted octanol–water partition coefficient (Wildman–Crippen LogP) is 2.10. The largest absolute Gasteiger partial charge is 0.388 e. The number of rotatable bonds is 4. The predicted molar refractivity (Wildman–Crippen MR) is 80.2 cm³/mol. The molecule has 2 saturated carbocycles. The normalized spacial score (nSPS) is 25.7. The van der Waals surface area contributed by atoms with E-state index in [2.05, 4.69) is 5.32 Å². The Hall–Kier alpha value is -0.610. The van der Waals surface area contributed by atoms with Crippen LogP contribution in [0.3, 0.4) is 0 Å². The maximum absolute atomic E-state index is 12.5. The number of hydrogen-bond acceptors (Lipinski definition) is 3. The van der Waals surface area contributed by atoms with Crippen LogP contribution in [0, 0.1) is 5.41 Å². The quantitative estimate of drug-likeness (QED) is 0.691. The van der Waals surface area contributed by atoms with Gasteiger partial charge in [0.2, 0.25) is 5.91 Å². The van der Waals surface area contributed by atoms with E-state index in [9.17, 15) is 9.90 Å². The SMILES string of the molecule is NCC1(C(=O)NCC2(O)CCCCCC2)CCCCC1. The molecule has 0 saturated heterocycles. The minimum atomic E-state index is -0.698. The molecular weight excluding hydrogens is 252 g/mol. The molecule has 0 heterocycles. The van der Waals surface area contributed by atoms with Gasteiger partial charge in [0.1, 0.15) is 0 Å². The van der Waals surface area contributed by atoms with E-state index in [1.807, 2.05) is 0 Å². The van der Waals surface area contributed by atoms with Gasteiger partial charge in [0, 0.05) is 13.1 Å². The van der Waals surface area contributed by atoms with Crippen molar-refractivity contribution in [3.63, 3.8) is 0 Å². The van der Waals surface area contributed by atoms with Crippen molar-refractivity contribution in [3.05, 3.63) is 0 Å². The van der Waals surface area contributed by atoms with Crippen LogP contribution in [0.25, 0.3) is 0 Å². The van der Waals surface area contributed by atoms with Gasteiger partial charge in [-0.1, -0.05) is 44.9 Å². The van der Waals surface area contributed by atoms with Gasteiger partial charge in [0.05, 0.1) is 11.0 Å². The van der Waals surface area contributed by atoms with Gasteiger partial charge in [0.15, 0.2) is 0 Å². The number of aliphatic hydroxyl groups is 1. The third kappa shape index (κ3) is 3.73. The first kappa shape index (κ1) is 15.8. The van der Waals surface area contributed by atoms with Crippen LogP contribution in [0.4, 0.5) is 0 Å². The lowest BCUT2D eigenvalue weighted by atomic mass is 9.73. The topological polar surface area (TPSA) is 75.4 Å². The second kappa shape index (κ2) is 6.90. The molecule has 0 aliphatic heterocycles. The van der Waals surface area contributed by atoms with Crippen LogP contribution in [0.15, 0.2) is 0 Å². The Morgan fingerprint density at radius 1 is 0.950 bits per heavy atom. The van der Waals surface area contributed by atoms with Crippen molar-refractivity contribution in [2.24, 2.45) is 11.1 Å². The summed E-state index contributed by atoms with van der Waals surface area (Å²) in [5, 5.41) is 13.6. The maximum atomic E-state index is 12.5. The third-order valence-corrected chi connectivity index (χ3v) is 5.30. The zero-order chi connectivity index (χ0) is 14.5. The average Bonchev–Trinajstić information content (AvgIpc) is 2.71. The van der Waals surface area contributed by atoms with Gasteiger partial charge in [0.25, 0.3) is 0 Å². The molecule has 4 N–H and O–H groups in total. The molecule has 2 aliphatic carbocycles. The van der Waals surface area contributed by atoms with Crippen LogP contribution >= 0.6 is 0 Å². The molecule has 0 bridgehead atoms. The van der Waals surface area contributed by atoms with Crippen LogP contribution in [-0.2, 0) is 4.79 Å². The molecule has 0 aromatic heterocycles. The Bertz CT molecular complexity index is 316. The van der Waals surface area contributed by atoms with Gasteiger partial charge in [-0.3, -0.25) is 4.79 Å². The Morgan fingerprint density at radius 2 is 1.45 bits per heavy atom. The van der Waals surface area contributed by atoms with Crippen LogP contribution in [0.5, 0.6) is 0 Å². The lowest BCUT2D eigenvalue weighted by Crippen LogP contribution is -2.51. The molecule has 1 amide bonds. The fourth-order valence-electron chi connectivity index (χ4n) is 3.75. The van der Waals surface area contributed by atoms with Gasteiger partial charge in [-0.05, 0) is 25.7 Å². The first-order chi connectivity index (χ1) is 9.60. The van der Waals surface area contributed by atoms with Gasteiger partial charge in [-0.25, -0.2) is 0 Å². The highest BCUT2D eigenvalue weighted by molar-refractivity contribution is 5.83. The van der Waals surface area contributed by atoms with Gasteiger partial charge >= 0.3 is 0 Å². The molecule has 0 aromatic carbocycles. The van der Waals surface area contributed by atoms with Crippen molar-refractivity contribution in [2.45, 2.75) is 76.2 Å². The summed E-state index contributed by atoms with van der Waals surface area (Å²) in [7, 11) is 0. The summed E-state index contributed by atoms with van der Waals surface area (Å²) in [6, 6.07) is 0. The number of amides is 1. The van der Waals surface area contributed by atoms with E-state index in [0.29, 0.717) is 13.1 Å². The van der Waals surface area contributed by atoms with Crippen molar-refractivity contribution >= 4 is 5.91 Å². The third-order valence-electron chi connectivity index (χ3n) is 5.30. The fraction of sp³-hybridized carbons (Fsp3) is 0.938. The number of nitrogens with one attached hydrogen (secondary N) is 1. The monoisotopic (exact) mass is 282 g/mol. The molecule has 0 unspecified atom stereocenters. The second-order valence-corrected chi connectivity index (χ2v) is 6.87. The van der Waals surface area contributed by atoms with Crippen molar-refractivity contribution in [3.8, 4) is 0 Å². The zero-order valence-corrected chi connectivity index (χ0v) is 12.6. The summed E-state index contributed by atoms with van der Waals surface area (Å²) in [6.45, 7) is 0.824. The van der Waals surface area contributed by atoms with E-state index in [1.165, 1.54) is 19.3 Å². The lowest BCUT2D eigenvalue weighted by molar-refractivity contribution is -0.133. The van der Waals surface area contributed by atoms with Crippen LogP contribution < -0.4 is 11.1 Å². The van der Waals surface area contributed by atoms with Crippen LogP contribution in [0.1, 0.15) is 70.6 Å². The Morgan fingerprint density at radius 3 is 2.00 bits per heavy atom. The number of carbonyl (C=O) groups excluding carboxylic acids is 1. The molecule has 2 aliphatic rings. The van der Waals surface area contributed by atoms with Crippen molar-refractivity contribution in [1.29, 1.82) is 0 Å². The lowest BCUT2D eigenvalue weighted by Gasteiger charge is -2.36. The number of carbonyl (C=O) groups is 1. The van der Waals surface area contributed by atoms with E-state index in [1.54, 1.807) is 0 Å². The molecule has 4 nitrogen and oxygen atoms in total. The summed E-state index contributed by atoms with van der Waals surface area (Å²) in [4.78, 5) is 12.5. The molecule has 2 fully saturated rings. The highest BCUT2D eigenvalue weighted by Gasteiger charge is 2.39. The summed E-state index contributed by atoms with van der Waals surface area (Å²) in [6.07, 6.45) is 11.3. The maximum Gasteiger partial charge on any atom is 0.227 e. The van der Waals surface area contributed by atoms with Crippen molar-refractivity contribution in [1.82, 2.24) is 5.32 Å². The molecule has 2 rings (SSSR count). The molecule has 20 heavy (non-hydrogen) atoms. The smallest absolute Gasteiger partial charge is 0.227 e. The number of hydrogen-bond donors (Lipinski definition) is 3. The molecular formula is C16H30N2O2. The standard InChI is InChI=1S/C16H30N2O2/c17-12-15(8-4-3-5-9-15)14(19)18-13-16(20)10-6-1-2-7-11-16/h20H,1-13,17H2,(H,18,19). The first-order valence-corrected chi connectivity index (χ1v) is 8.31. The summed E-state index contributed by atoms with van der Waals surface area (Å²) in [5.41, 5.74) is 4.81. The van der Waals surface area contributed by atoms with Gasteiger partial charge in [-0.2, -0.15) is 0 Å². The number of nitrogens with two attached hydrogens (primary N) is 1. The van der Waals surface area contributed by atoms with Crippen LogP contribution in [-0.4, -0.2) is 29.7 Å². The van der Waals surface area contributed by atoms with Crippen molar-refractivity contribution in [2.75, 3.05) is 13.1 Å². The molecule has 116 valence electrons. The summed E-state index contributed by atoms with van der Waals surface area (Å²) >= 11 is 0. The van der Waals surface area contributed by atoms with E-state index in [-0.39, 0.29) is 11.3 Å². The van der Waals surface area contributed by atoms with E-state index in [0.717, 1.165) is 51.4 Å². The Balaban J connectivity index is 1.89. The fourth-order valence-corrected chi connectivity index (χ4v) is 3.75. The highest BCUT2D eigenvalue weighted by atomic mass is 16.3. The molecule has 4 heteroatoms. The highest BCUT2D eigenvalue weighted by Crippen LogP contribution is 2.36. The van der Waals surface area contributed by atoms with Crippen LogP contribution in [0.2, 0.25) is 0 Å². The molecule has 0 atom stereocenters. The van der Waals surface area contributed by atoms with Gasteiger partial charge in [-0.15, -0.1) is 0 Å². The average molecular weight is 282 g/mol.